The first kappa shape index (κ1) is 77.4. The van der Waals surface area contributed by atoms with Crippen LogP contribution in [0.2, 0.25) is 0 Å². The van der Waals surface area contributed by atoms with E-state index in [1.54, 1.807) is 0 Å². The van der Waals surface area contributed by atoms with Crippen molar-refractivity contribution in [2.45, 2.75) is 203 Å². The van der Waals surface area contributed by atoms with Gasteiger partial charge in [-0.2, -0.15) is 0 Å². The number of halogens is 1. The van der Waals surface area contributed by atoms with Crippen LogP contribution in [-0.2, 0) is 62.3 Å². The highest BCUT2D eigenvalue weighted by atomic mass is 35.5. The van der Waals surface area contributed by atoms with Crippen molar-refractivity contribution in [1.29, 1.82) is 0 Å². The van der Waals surface area contributed by atoms with Gasteiger partial charge >= 0.3 is 11.9 Å². The minimum atomic E-state index is -2.59. The molecule has 0 saturated carbocycles. The van der Waals surface area contributed by atoms with Crippen LogP contribution in [0.25, 0.3) is 0 Å². The Morgan fingerprint density at radius 2 is 1.17 bits per heavy atom. The highest BCUT2D eigenvalue weighted by Crippen LogP contribution is 2.14. The number of carboxylic acid groups (broad SMARTS) is 1. The van der Waals surface area contributed by atoms with Gasteiger partial charge in [0.25, 0.3) is 11.8 Å². The number of amides is 10. The number of unbranched alkanes of at least 4 members (excludes halogenated alkanes) is 9. The summed E-state index contributed by atoms with van der Waals surface area (Å²) >= 11 is 5.92. The summed E-state index contributed by atoms with van der Waals surface area (Å²) in [5.41, 5.74) is 16.5. The molecule has 12 atom stereocenters. The Labute approximate surface area is 504 Å². The normalized spacial score (nSPS) is 24.0. The third kappa shape index (κ3) is 29.2. The summed E-state index contributed by atoms with van der Waals surface area (Å²) < 4.78 is 5.34. The van der Waals surface area contributed by atoms with E-state index in [2.05, 4.69) is 49.5 Å². The van der Waals surface area contributed by atoms with E-state index in [9.17, 15) is 88.2 Å². The number of hydrogen-bond donors (Lipinski definition) is 19. The number of rotatable bonds is 30. The monoisotopic (exact) mass is 1250 g/mol. The van der Waals surface area contributed by atoms with Gasteiger partial charge in [-0.05, 0) is 72.0 Å². The number of cyclic esters (lactones) is 1. The topological polar surface area (TPSA) is 534 Å². The van der Waals surface area contributed by atoms with Crippen LogP contribution in [-0.4, -0.2) is 220 Å². The number of aliphatic hydroxyl groups excluding tert-OH is 5. The highest BCUT2D eigenvalue weighted by molar-refractivity contribution is 6.18. The number of aliphatic hydroxyl groups is 5. The molecule has 1 heterocycles. The number of aliphatic carboxylic acids is 1. The van der Waals surface area contributed by atoms with Crippen LogP contribution in [0.15, 0.2) is 11.8 Å². The Morgan fingerprint density at radius 3 is 1.70 bits per heavy atom. The SMILES string of the molecule is C/C=C1/NC(=O)[C@H]([C@H](C)O)NC(=O)[C@H](CCN)NC(=O)[C@H](CCCCN)NC(=O)[C@H](CC(=O)O)NC(=O)[C@@H](CCN)NC(=O)[C@@H](NC(=O)C[C@H](O)CCCCCCCCCCC)COC(=O)[C@H]([C@H](O)CCl)NC(=O)[C@H]([C@H](O)C(=O)NCCO)NC1=O. The molecule has 1 aliphatic heterocycles. The van der Waals surface area contributed by atoms with E-state index in [-0.39, 0.29) is 45.3 Å². The van der Waals surface area contributed by atoms with Gasteiger partial charge in [-0.3, -0.25) is 52.7 Å². The molecule has 490 valence electrons. The fraction of sp³-hybridized carbons (Fsp3) is 0.736. The van der Waals surface area contributed by atoms with Gasteiger partial charge in [0.1, 0.15) is 54.6 Å². The predicted molar refractivity (Wildman–Crippen MR) is 308 cm³/mol. The number of carboxylic acids is 1. The number of nitrogens with two attached hydrogens (primary N) is 3. The Kier molecular flexibility index (Phi) is 38.7. The summed E-state index contributed by atoms with van der Waals surface area (Å²) in [6, 6.07) is -15.7. The number of carbonyl (C=O) groups excluding carboxylic acids is 11. The summed E-state index contributed by atoms with van der Waals surface area (Å²) in [4.78, 5) is 165. The molecule has 0 unspecified atom stereocenters. The summed E-state index contributed by atoms with van der Waals surface area (Å²) in [6.45, 7) is 1.50. The second-order valence-electron chi connectivity index (χ2n) is 20.5. The van der Waals surface area contributed by atoms with Gasteiger partial charge in [-0.25, -0.2) is 4.79 Å². The molecule has 0 aromatic carbocycles. The van der Waals surface area contributed by atoms with Crippen LogP contribution in [0, 0.1) is 0 Å². The van der Waals surface area contributed by atoms with Gasteiger partial charge in [0.05, 0.1) is 43.6 Å². The lowest BCUT2D eigenvalue weighted by atomic mass is 10.0. The van der Waals surface area contributed by atoms with Crippen molar-refractivity contribution in [2.24, 2.45) is 17.2 Å². The summed E-state index contributed by atoms with van der Waals surface area (Å²) in [5, 5.41) is 84.9. The minimum absolute atomic E-state index is 0.123. The van der Waals surface area contributed by atoms with E-state index in [0.29, 0.717) is 12.8 Å². The molecule has 0 bridgehead atoms. The van der Waals surface area contributed by atoms with Gasteiger partial charge < -0.3 is 106 Å². The molecule has 0 aromatic heterocycles. The van der Waals surface area contributed by atoms with Gasteiger partial charge in [-0.1, -0.05) is 70.8 Å². The van der Waals surface area contributed by atoms with Crippen LogP contribution >= 0.6 is 11.6 Å². The van der Waals surface area contributed by atoms with Crippen LogP contribution in [0.3, 0.4) is 0 Å². The predicted octanol–water partition coefficient (Wildman–Crippen LogP) is -6.14. The fourth-order valence-electron chi connectivity index (χ4n) is 8.52. The first-order valence-corrected chi connectivity index (χ1v) is 29.4. The lowest BCUT2D eigenvalue weighted by Crippen LogP contribution is -2.63. The number of allylic oxidation sites excluding steroid dienone is 1. The summed E-state index contributed by atoms with van der Waals surface area (Å²) in [5.74, 6) is -16.8. The third-order valence-electron chi connectivity index (χ3n) is 13.4. The Bertz CT molecular complexity index is 2250. The lowest BCUT2D eigenvalue weighted by molar-refractivity contribution is -0.154. The second-order valence-corrected chi connectivity index (χ2v) is 20.9. The quantitative estimate of drug-likeness (QED) is 0.0138. The van der Waals surface area contributed by atoms with Crippen molar-refractivity contribution in [3.63, 3.8) is 0 Å². The second kappa shape index (κ2) is 43.1. The van der Waals surface area contributed by atoms with Gasteiger partial charge in [0, 0.05) is 6.54 Å². The van der Waals surface area contributed by atoms with Crippen molar-refractivity contribution in [1.82, 2.24) is 53.2 Å². The van der Waals surface area contributed by atoms with E-state index in [1.807, 2.05) is 10.6 Å². The number of hydrogen-bond acceptors (Lipinski definition) is 21. The van der Waals surface area contributed by atoms with Gasteiger partial charge in [-0.15, -0.1) is 11.6 Å². The number of alkyl halides is 1. The van der Waals surface area contributed by atoms with Gasteiger partial charge in [0.2, 0.25) is 47.3 Å². The van der Waals surface area contributed by atoms with E-state index < -0.39 is 194 Å². The van der Waals surface area contributed by atoms with Crippen LogP contribution in [0.4, 0.5) is 0 Å². The first-order chi connectivity index (χ1) is 40.8. The molecular weight excluding hydrogens is 1160 g/mol. The number of nitrogens with one attached hydrogen (secondary N) is 10. The molecule has 1 fully saturated rings. The molecule has 10 amide bonds. The number of carbonyl (C=O) groups is 12. The molecule has 1 saturated heterocycles. The summed E-state index contributed by atoms with van der Waals surface area (Å²) in [7, 11) is 0. The molecule has 0 spiro atoms. The standard InChI is InChI=1S/C53H92ClN13O19/c1-4-6-7-8-9-10-11-12-13-16-30(70)25-38(72)59-36-28-86-53(85)41(37(71)27-54)66-51(83)42(43(75)52(84)58-23-24-68)67-44(76)31(5-2)60-50(82)40(29(3)69)65-47(79)34(19-22-57)62-45(77)32(17-14-15-20-55)61-48(80)35(26-39(73)74)64-46(78)33(18-21-56)63-49(36)81/h5,29-30,32-37,40-43,68-71,75H,4,6-28,55-57H2,1-3H3,(H,58,84)(H,59,72)(H,60,82)(H,61,80)(H,62,77)(H,63,81)(H,64,78)(H,65,79)(H,66,83)(H,67,76)(H,73,74)/b31-5+/t29-,30+,32-,33+,34-,35-,36-,37+,40-,41-,42-,43-/m0/s1. The maximum atomic E-state index is 14.2. The number of esters is 1. The molecule has 1 aliphatic rings. The van der Waals surface area contributed by atoms with E-state index in [4.69, 9.17) is 33.5 Å². The van der Waals surface area contributed by atoms with Crippen LogP contribution in [0.1, 0.15) is 130 Å². The van der Waals surface area contributed by atoms with Crippen molar-refractivity contribution >= 4 is 82.6 Å². The van der Waals surface area contributed by atoms with Crippen molar-refractivity contribution in [3.05, 3.63) is 11.8 Å². The van der Waals surface area contributed by atoms with E-state index in [1.165, 1.54) is 6.92 Å². The highest BCUT2D eigenvalue weighted by Gasteiger charge is 2.41. The molecule has 22 N–H and O–H groups in total. The smallest absolute Gasteiger partial charge is 0.331 e. The Hall–Kier alpha value is -6.65. The summed E-state index contributed by atoms with van der Waals surface area (Å²) in [6.07, 6.45) is -0.0557. The van der Waals surface area contributed by atoms with Crippen LogP contribution in [0.5, 0.6) is 0 Å². The molecule has 0 aliphatic carbocycles. The third-order valence-corrected chi connectivity index (χ3v) is 13.7. The van der Waals surface area contributed by atoms with Gasteiger partial charge in [0.15, 0.2) is 12.1 Å². The maximum Gasteiger partial charge on any atom is 0.331 e. The largest absolute Gasteiger partial charge is 0.481 e. The molecule has 86 heavy (non-hydrogen) atoms. The zero-order valence-corrected chi connectivity index (χ0v) is 49.8. The Balaban J connectivity index is 4.08. The first-order valence-electron chi connectivity index (χ1n) is 28.9. The molecule has 0 radical (unpaired) electrons. The lowest BCUT2D eigenvalue weighted by Gasteiger charge is -2.29. The minimum Gasteiger partial charge on any atom is -0.481 e. The maximum absolute atomic E-state index is 14.2. The van der Waals surface area contributed by atoms with Crippen LogP contribution < -0.4 is 70.4 Å². The molecule has 1 rings (SSSR count). The molecular formula is C53H92ClN13O19. The fourth-order valence-corrected chi connectivity index (χ4v) is 8.70. The zero-order chi connectivity index (χ0) is 64.9. The molecule has 0 aromatic rings. The molecule has 32 nitrogen and oxygen atoms in total. The van der Waals surface area contributed by atoms with Crippen molar-refractivity contribution in [3.8, 4) is 0 Å². The number of ether oxygens (including phenoxy) is 1. The Morgan fingerprint density at radius 1 is 0.651 bits per heavy atom. The van der Waals surface area contributed by atoms with E-state index in [0.717, 1.165) is 64.4 Å². The van der Waals surface area contributed by atoms with E-state index >= 15 is 0 Å². The zero-order valence-electron chi connectivity index (χ0n) is 49.1. The van der Waals surface area contributed by atoms with Crippen molar-refractivity contribution in [2.75, 3.05) is 45.3 Å². The average Bonchev–Trinajstić information content (AvgIpc) is 3.61. The average molecular weight is 1250 g/mol. The van der Waals surface area contributed by atoms with Crippen molar-refractivity contribution < 1.29 is 92.9 Å². The molecule has 33 heteroatoms.